The molecule has 1 unspecified atom stereocenters. The smallest absolute Gasteiger partial charge is 0.243 e. The molecule has 0 N–H and O–H groups in total. The molecule has 1 saturated heterocycles. The molecule has 0 saturated carbocycles. The average Bonchev–Trinajstić information content (AvgIpc) is 2.26. The summed E-state index contributed by atoms with van der Waals surface area (Å²) >= 11 is 0. The van der Waals surface area contributed by atoms with Crippen molar-refractivity contribution in [3.8, 4) is 0 Å². The predicted octanol–water partition coefficient (Wildman–Crippen LogP) is 2.18. The van der Waals surface area contributed by atoms with Crippen LogP contribution in [0.1, 0.15) is 26.3 Å². The Morgan fingerprint density at radius 1 is 1.32 bits per heavy atom. The zero-order valence-corrected chi connectivity index (χ0v) is 12.7. The monoisotopic (exact) mass is 283 g/mol. The number of morpholine rings is 1. The van der Waals surface area contributed by atoms with Gasteiger partial charge in [0.2, 0.25) is 10.0 Å². The van der Waals surface area contributed by atoms with Crippen LogP contribution in [0.15, 0.2) is 29.2 Å². The Hall–Kier alpha value is -0.910. The van der Waals surface area contributed by atoms with E-state index in [0.29, 0.717) is 18.0 Å². The first-order chi connectivity index (χ1) is 8.72. The van der Waals surface area contributed by atoms with Gasteiger partial charge < -0.3 is 4.74 Å². The first-order valence-corrected chi connectivity index (χ1v) is 7.90. The van der Waals surface area contributed by atoms with Gasteiger partial charge in [-0.05, 0) is 39.3 Å². The molecule has 0 aliphatic carbocycles. The maximum Gasteiger partial charge on any atom is 0.243 e. The Morgan fingerprint density at radius 3 is 2.53 bits per heavy atom. The molecule has 0 radical (unpaired) electrons. The Labute approximate surface area is 115 Å². The summed E-state index contributed by atoms with van der Waals surface area (Å²) in [4.78, 5) is 0.389. The van der Waals surface area contributed by atoms with E-state index in [0.717, 1.165) is 5.56 Å². The SMILES string of the molecule is Cc1ccccc1S(=O)(=O)N1CC(C)OC(C)(C)C1. The van der Waals surface area contributed by atoms with Gasteiger partial charge in [-0.1, -0.05) is 18.2 Å². The Morgan fingerprint density at radius 2 is 1.95 bits per heavy atom. The fraction of sp³-hybridized carbons (Fsp3) is 0.571. The van der Waals surface area contributed by atoms with Gasteiger partial charge >= 0.3 is 0 Å². The van der Waals surface area contributed by atoms with Gasteiger partial charge in [0.25, 0.3) is 0 Å². The van der Waals surface area contributed by atoms with Crippen LogP contribution in [-0.4, -0.2) is 37.5 Å². The summed E-state index contributed by atoms with van der Waals surface area (Å²) in [6, 6.07) is 7.09. The lowest BCUT2D eigenvalue weighted by atomic mass is 10.1. The highest BCUT2D eigenvalue weighted by Crippen LogP contribution is 2.27. The van der Waals surface area contributed by atoms with Crippen molar-refractivity contribution in [3.05, 3.63) is 29.8 Å². The third-order valence-electron chi connectivity index (χ3n) is 3.25. The maximum atomic E-state index is 12.7. The molecule has 19 heavy (non-hydrogen) atoms. The third kappa shape index (κ3) is 2.99. The van der Waals surface area contributed by atoms with Crippen molar-refractivity contribution in [2.24, 2.45) is 0 Å². The Bertz CT molecular complexity index is 566. The molecule has 1 fully saturated rings. The zero-order valence-electron chi connectivity index (χ0n) is 11.9. The van der Waals surface area contributed by atoms with E-state index >= 15 is 0 Å². The lowest BCUT2D eigenvalue weighted by Gasteiger charge is -2.41. The average molecular weight is 283 g/mol. The Balaban J connectivity index is 2.38. The van der Waals surface area contributed by atoms with E-state index in [1.54, 1.807) is 12.1 Å². The summed E-state index contributed by atoms with van der Waals surface area (Å²) in [6.07, 6.45) is -0.0949. The minimum Gasteiger partial charge on any atom is -0.370 e. The molecule has 1 heterocycles. The van der Waals surface area contributed by atoms with Crippen LogP contribution in [0.4, 0.5) is 0 Å². The summed E-state index contributed by atoms with van der Waals surface area (Å²) in [5, 5.41) is 0. The van der Waals surface area contributed by atoms with Crippen molar-refractivity contribution in [3.63, 3.8) is 0 Å². The van der Waals surface area contributed by atoms with Gasteiger partial charge in [-0.25, -0.2) is 8.42 Å². The number of aryl methyl sites for hydroxylation is 1. The topological polar surface area (TPSA) is 46.6 Å². The van der Waals surface area contributed by atoms with Gasteiger partial charge in [0.1, 0.15) is 0 Å². The van der Waals surface area contributed by atoms with Crippen molar-refractivity contribution in [1.82, 2.24) is 4.31 Å². The van der Waals surface area contributed by atoms with E-state index in [9.17, 15) is 8.42 Å². The molecule has 1 aliphatic rings. The van der Waals surface area contributed by atoms with Gasteiger partial charge in [-0.15, -0.1) is 0 Å². The van der Waals surface area contributed by atoms with Crippen LogP contribution in [0.25, 0.3) is 0 Å². The predicted molar refractivity (Wildman–Crippen MR) is 74.6 cm³/mol. The zero-order chi connectivity index (χ0) is 14.3. The summed E-state index contributed by atoms with van der Waals surface area (Å²) in [5.41, 5.74) is 0.326. The second-order valence-corrected chi connectivity index (χ2v) is 7.66. The first-order valence-electron chi connectivity index (χ1n) is 6.46. The van der Waals surface area contributed by atoms with Crippen molar-refractivity contribution >= 4 is 10.0 Å². The number of ether oxygens (including phenoxy) is 1. The van der Waals surface area contributed by atoms with E-state index in [2.05, 4.69) is 0 Å². The van der Waals surface area contributed by atoms with Crippen LogP contribution in [0.3, 0.4) is 0 Å². The van der Waals surface area contributed by atoms with Gasteiger partial charge in [0.05, 0.1) is 16.6 Å². The van der Waals surface area contributed by atoms with E-state index in [1.807, 2.05) is 39.8 Å². The molecule has 1 aromatic rings. The van der Waals surface area contributed by atoms with Crippen molar-refractivity contribution in [2.75, 3.05) is 13.1 Å². The van der Waals surface area contributed by atoms with Gasteiger partial charge in [0.15, 0.2) is 0 Å². The summed E-state index contributed by atoms with van der Waals surface area (Å²) in [5.74, 6) is 0. The molecule has 1 aliphatic heterocycles. The lowest BCUT2D eigenvalue weighted by Crippen LogP contribution is -2.53. The fourth-order valence-corrected chi connectivity index (χ4v) is 4.45. The molecular weight excluding hydrogens is 262 g/mol. The van der Waals surface area contributed by atoms with E-state index in [1.165, 1.54) is 4.31 Å². The number of nitrogens with zero attached hydrogens (tertiary/aromatic N) is 1. The lowest BCUT2D eigenvalue weighted by molar-refractivity contribution is -0.109. The van der Waals surface area contributed by atoms with Crippen molar-refractivity contribution in [2.45, 2.75) is 44.3 Å². The second kappa shape index (κ2) is 4.89. The summed E-state index contributed by atoms with van der Waals surface area (Å²) in [6.45, 7) is 8.35. The van der Waals surface area contributed by atoms with Crippen LogP contribution in [0.2, 0.25) is 0 Å². The molecule has 106 valence electrons. The van der Waals surface area contributed by atoms with Crippen molar-refractivity contribution < 1.29 is 13.2 Å². The number of hydrogen-bond acceptors (Lipinski definition) is 3. The van der Waals surface area contributed by atoms with Crippen LogP contribution < -0.4 is 0 Å². The second-order valence-electron chi connectivity index (χ2n) is 5.75. The summed E-state index contributed by atoms with van der Waals surface area (Å²) < 4.78 is 32.7. The maximum absolute atomic E-state index is 12.7. The Kier molecular flexibility index (Phi) is 3.73. The van der Waals surface area contributed by atoms with Crippen molar-refractivity contribution in [1.29, 1.82) is 0 Å². The van der Waals surface area contributed by atoms with E-state index in [4.69, 9.17) is 4.74 Å². The number of benzene rings is 1. The van der Waals surface area contributed by atoms with Gasteiger partial charge in [-0.2, -0.15) is 4.31 Å². The minimum absolute atomic E-state index is 0.0949. The highest BCUT2D eigenvalue weighted by Gasteiger charge is 2.38. The molecule has 1 atom stereocenters. The van der Waals surface area contributed by atoms with Crippen LogP contribution in [-0.2, 0) is 14.8 Å². The highest BCUT2D eigenvalue weighted by molar-refractivity contribution is 7.89. The molecule has 5 heteroatoms. The normalized spacial score (nSPS) is 24.3. The highest BCUT2D eigenvalue weighted by atomic mass is 32.2. The van der Waals surface area contributed by atoms with Crippen LogP contribution in [0, 0.1) is 6.92 Å². The number of hydrogen-bond donors (Lipinski definition) is 0. The largest absolute Gasteiger partial charge is 0.370 e. The van der Waals surface area contributed by atoms with Crippen LogP contribution >= 0.6 is 0 Å². The molecule has 4 nitrogen and oxygen atoms in total. The number of rotatable bonds is 2. The minimum atomic E-state index is -3.44. The quantitative estimate of drug-likeness (QED) is 0.836. The van der Waals surface area contributed by atoms with Gasteiger partial charge in [0, 0.05) is 13.1 Å². The summed E-state index contributed by atoms with van der Waals surface area (Å²) in [7, 11) is -3.44. The molecule has 0 amide bonds. The van der Waals surface area contributed by atoms with Crippen LogP contribution in [0.5, 0.6) is 0 Å². The molecule has 0 bridgehead atoms. The van der Waals surface area contributed by atoms with E-state index in [-0.39, 0.29) is 6.10 Å². The molecule has 2 rings (SSSR count). The molecule has 0 aromatic heterocycles. The van der Waals surface area contributed by atoms with E-state index < -0.39 is 15.6 Å². The third-order valence-corrected chi connectivity index (χ3v) is 5.22. The van der Waals surface area contributed by atoms with Gasteiger partial charge in [-0.3, -0.25) is 0 Å². The molecular formula is C14H21NO3S. The fourth-order valence-electron chi connectivity index (χ4n) is 2.56. The first kappa shape index (κ1) is 14.5. The molecule has 1 aromatic carbocycles. The standard InChI is InChI=1S/C14H21NO3S/c1-11-7-5-6-8-13(11)19(16,17)15-9-12(2)18-14(3,4)10-15/h5-8,12H,9-10H2,1-4H3. The number of sulfonamides is 1. The molecule has 0 spiro atoms.